The highest BCUT2D eigenvalue weighted by Crippen LogP contribution is 2.24. The molecule has 0 aliphatic heterocycles. The summed E-state index contributed by atoms with van der Waals surface area (Å²) in [4.78, 5) is 6.34. The van der Waals surface area contributed by atoms with Gasteiger partial charge in [-0.2, -0.15) is 0 Å². The molecule has 1 N–H and O–H groups in total. The van der Waals surface area contributed by atoms with Crippen LogP contribution in [0.1, 0.15) is 39.5 Å². The zero-order chi connectivity index (χ0) is 12.7. The van der Waals surface area contributed by atoms with Gasteiger partial charge in [-0.15, -0.1) is 0 Å². The standard InChI is InChI=1S/C14H25N3/c1-5-7-12(8-6-2)16-13-11-15-10-9-14(13)17(3)4/h9-12,16H,5-8H2,1-4H3. The molecule has 1 aromatic heterocycles. The number of pyridine rings is 1. The van der Waals surface area contributed by atoms with Crippen molar-refractivity contribution in [3.63, 3.8) is 0 Å². The van der Waals surface area contributed by atoms with Crippen LogP contribution in [0.4, 0.5) is 11.4 Å². The van der Waals surface area contributed by atoms with Crippen LogP contribution >= 0.6 is 0 Å². The topological polar surface area (TPSA) is 28.2 Å². The summed E-state index contributed by atoms with van der Waals surface area (Å²) in [6.45, 7) is 4.47. The van der Waals surface area contributed by atoms with Crippen molar-refractivity contribution < 1.29 is 0 Å². The first-order valence-corrected chi connectivity index (χ1v) is 6.56. The largest absolute Gasteiger partial charge is 0.379 e. The molecule has 0 radical (unpaired) electrons. The molecule has 1 heterocycles. The van der Waals surface area contributed by atoms with Crippen molar-refractivity contribution >= 4 is 11.4 Å². The predicted molar refractivity (Wildman–Crippen MR) is 75.8 cm³/mol. The van der Waals surface area contributed by atoms with E-state index in [1.54, 1.807) is 0 Å². The lowest BCUT2D eigenvalue weighted by molar-refractivity contribution is 0.586. The van der Waals surface area contributed by atoms with Gasteiger partial charge < -0.3 is 10.2 Å². The third-order valence-corrected chi connectivity index (χ3v) is 2.91. The van der Waals surface area contributed by atoms with Crippen molar-refractivity contribution in [2.45, 2.75) is 45.6 Å². The number of nitrogens with zero attached hydrogens (tertiary/aromatic N) is 2. The lowest BCUT2D eigenvalue weighted by Crippen LogP contribution is -2.21. The third-order valence-electron chi connectivity index (χ3n) is 2.91. The number of hydrogen-bond donors (Lipinski definition) is 1. The molecule has 96 valence electrons. The number of hydrogen-bond acceptors (Lipinski definition) is 3. The Hall–Kier alpha value is -1.25. The van der Waals surface area contributed by atoms with Crippen LogP contribution < -0.4 is 10.2 Å². The van der Waals surface area contributed by atoms with Crippen LogP contribution in [0, 0.1) is 0 Å². The molecule has 17 heavy (non-hydrogen) atoms. The van der Waals surface area contributed by atoms with Crippen LogP contribution in [0.15, 0.2) is 18.5 Å². The minimum Gasteiger partial charge on any atom is -0.379 e. The molecule has 3 heteroatoms. The minimum atomic E-state index is 0.563. The fourth-order valence-electron chi connectivity index (χ4n) is 2.09. The average molecular weight is 235 g/mol. The second-order valence-electron chi connectivity index (χ2n) is 4.71. The van der Waals surface area contributed by atoms with E-state index in [0.717, 1.165) is 5.69 Å². The molecule has 1 aromatic rings. The summed E-state index contributed by atoms with van der Waals surface area (Å²) in [6, 6.07) is 2.62. The normalized spacial score (nSPS) is 10.6. The maximum atomic E-state index is 4.21. The summed E-state index contributed by atoms with van der Waals surface area (Å²) in [5.41, 5.74) is 2.35. The Balaban J connectivity index is 2.77. The maximum absolute atomic E-state index is 4.21. The van der Waals surface area contributed by atoms with Crippen LogP contribution in [-0.2, 0) is 0 Å². The van der Waals surface area contributed by atoms with Gasteiger partial charge in [0.25, 0.3) is 0 Å². The van der Waals surface area contributed by atoms with E-state index in [1.165, 1.54) is 31.4 Å². The highest BCUT2D eigenvalue weighted by atomic mass is 15.1. The monoisotopic (exact) mass is 235 g/mol. The van der Waals surface area contributed by atoms with Gasteiger partial charge in [-0.25, -0.2) is 0 Å². The molecule has 0 aliphatic rings. The van der Waals surface area contributed by atoms with Crippen molar-refractivity contribution in [3.05, 3.63) is 18.5 Å². The molecule has 0 spiro atoms. The van der Waals surface area contributed by atoms with Gasteiger partial charge in [0.15, 0.2) is 0 Å². The summed E-state index contributed by atoms with van der Waals surface area (Å²) >= 11 is 0. The first kappa shape index (κ1) is 13.8. The van der Waals surface area contributed by atoms with Gasteiger partial charge in [0, 0.05) is 26.3 Å². The Morgan fingerprint density at radius 1 is 1.24 bits per heavy atom. The molecule has 0 amide bonds. The van der Waals surface area contributed by atoms with Crippen molar-refractivity contribution in [1.29, 1.82) is 0 Å². The van der Waals surface area contributed by atoms with Gasteiger partial charge in [0.05, 0.1) is 17.6 Å². The smallest absolute Gasteiger partial charge is 0.0766 e. The molecule has 0 saturated carbocycles. The van der Waals surface area contributed by atoms with Crippen molar-refractivity contribution in [3.8, 4) is 0 Å². The first-order valence-electron chi connectivity index (χ1n) is 6.56. The van der Waals surface area contributed by atoms with E-state index in [9.17, 15) is 0 Å². The van der Waals surface area contributed by atoms with Crippen LogP contribution in [0.25, 0.3) is 0 Å². The maximum Gasteiger partial charge on any atom is 0.0766 e. The molecule has 0 bridgehead atoms. The zero-order valence-electron chi connectivity index (χ0n) is 11.5. The SMILES string of the molecule is CCCC(CCC)Nc1cnccc1N(C)C. The van der Waals surface area contributed by atoms with Gasteiger partial charge in [-0.1, -0.05) is 26.7 Å². The molecule has 1 rings (SSSR count). The van der Waals surface area contributed by atoms with E-state index in [2.05, 4.69) is 49.2 Å². The highest BCUT2D eigenvalue weighted by molar-refractivity contribution is 5.68. The van der Waals surface area contributed by atoms with Crippen LogP contribution in [-0.4, -0.2) is 25.1 Å². The molecule has 0 atom stereocenters. The second-order valence-corrected chi connectivity index (χ2v) is 4.71. The van der Waals surface area contributed by atoms with Gasteiger partial charge in [-0.05, 0) is 18.9 Å². The quantitative estimate of drug-likeness (QED) is 0.783. The number of rotatable bonds is 7. The van der Waals surface area contributed by atoms with E-state index in [-0.39, 0.29) is 0 Å². The van der Waals surface area contributed by atoms with E-state index in [1.807, 2.05) is 12.4 Å². The minimum absolute atomic E-state index is 0.563. The summed E-state index contributed by atoms with van der Waals surface area (Å²) in [5.74, 6) is 0. The lowest BCUT2D eigenvalue weighted by atomic mass is 10.1. The fourth-order valence-corrected chi connectivity index (χ4v) is 2.09. The molecule has 0 aliphatic carbocycles. The van der Waals surface area contributed by atoms with Crippen LogP contribution in [0.3, 0.4) is 0 Å². The Morgan fingerprint density at radius 3 is 2.41 bits per heavy atom. The van der Waals surface area contributed by atoms with Crippen molar-refractivity contribution in [2.24, 2.45) is 0 Å². The van der Waals surface area contributed by atoms with Gasteiger partial charge >= 0.3 is 0 Å². The molecule has 0 aromatic carbocycles. The van der Waals surface area contributed by atoms with Crippen LogP contribution in [0.5, 0.6) is 0 Å². The molecule has 0 fully saturated rings. The summed E-state index contributed by atoms with van der Waals surface area (Å²) in [7, 11) is 4.13. The van der Waals surface area contributed by atoms with E-state index in [0.29, 0.717) is 6.04 Å². The van der Waals surface area contributed by atoms with Gasteiger partial charge in [-0.3, -0.25) is 4.98 Å². The zero-order valence-corrected chi connectivity index (χ0v) is 11.5. The van der Waals surface area contributed by atoms with Crippen molar-refractivity contribution in [2.75, 3.05) is 24.3 Å². The van der Waals surface area contributed by atoms with Crippen LogP contribution in [0.2, 0.25) is 0 Å². The second kappa shape index (κ2) is 7.15. The third kappa shape index (κ3) is 4.25. The number of aromatic nitrogens is 1. The summed E-state index contributed by atoms with van der Waals surface area (Å²) in [5, 5.41) is 3.63. The Kier molecular flexibility index (Phi) is 5.81. The first-order chi connectivity index (χ1) is 8.19. The van der Waals surface area contributed by atoms with E-state index in [4.69, 9.17) is 0 Å². The Bertz CT molecular complexity index is 317. The predicted octanol–water partition coefficient (Wildman–Crippen LogP) is 3.53. The molecular weight excluding hydrogens is 210 g/mol. The van der Waals surface area contributed by atoms with Crippen molar-refractivity contribution in [1.82, 2.24) is 4.98 Å². The number of anilines is 2. The average Bonchev–Trinajstić information content (AvgIpc) is 2.30. The van der Waals surface area contributed by atoms with Gasteiger partial charge in [0.2, 0.25) is 0 Å². The Morgan fingerprint density at radius 2 is 1.88 bits per heavy atom. The molecule has 0 unspecified atom stereocenters. The van der Waals surface area contributed by atoms with Gasteiger partial charge in [0.1, 0.15) is 0 Å². The fraction of sp³-hybridized carbons (Fsp3) is 0.643. The lowest BCUT2D eigenvalue weighted by Gasteiger charge is -2.23. The van der Waals surface area contributed by atoms with E-state index >= 15 is 0 Å². The highest BCUT2D eigenvalue weighted by Gasteiger charge is 2.10. The summed E-state index contributed by atoms with van der Waals surface area (Å²) in [6.07, 6.45) is 8.64. The summed E-state index contributed by atoms with van der Waals surface area (Å²) < 4.78 is 0. The molecule has 0 saturated heterocycles. The molecular formula is C14H25N3. The number of nitrogens with one attached hydrogen (secondary N) is 1. The Labute approximate surface area is 105 Å². The van der Waals surface area contributed by atoms with E-state index < -0.39 is 0 Å². The molecule has 3 nitrogen and oxygen atoms in total.